The lowest BCUT2D eigenvalue weighted by atomic mass is 9.97. The molecule has 0 spiro atoms. The fourth-order valence-corrected chi connectivity index (χ4v) is 4.18. The monoisotopic (exact) mass is 423 g/mol. The van der Waals surface area contributed by atoms with Crippen LogP contribution in [0.4, 0.5) is 10.1 Å². The van der Waals surface area contributed by atoms with Gasteiger partial charge in [0.2, 0.25) is 0 Å². The molecule has 2 aliphatic heterocycles. The van der Waals surface area contributed by atoms with E-state index < -0.39 is 22.6 Å². The third-order valence-corrected chi connectivity index (χ3v) is 5.74. The van der Waals surface area contributed by atoms with Gasteiger partial charge in [0, 0.05) is 25.2 Å². The highest BCUT2D eigenvalue weighted by Crippen LogP contribution is 2.35. The molecule has 7 nitrogen and oxygen atoms in total. The van der Waals surface area contributed by atoms with Gasteiger partial charge in [-0.05, 0) is 54.2 Å². The minimum absolute atomic E-state index is 0.0291. The van der Waals surface area contributed by atoms with Crippen LogP contribution < -0.4 is 0 Å². The van der Waals surface area contributed by atoms with Crippen molar-refractivity contribution in [2.75, 3.05) is 13.1 Å². The highest BCUT2D eigenvalue weighted by atomic mass is 19.1. The average molecular weight is 423 g/mol. The minimum atomic E-state index is -0.506. The lowest BCUT2D eigenvalue weighted by molar-refractivity contribution is -0.384. The van der Waals surface area contributed by atoms with Crippen molar-refractivity contribution in [2.24, 2.45) is 5.92 Å². The summed E-state index contributed by atoms with van der Waals surface area (Å²) in [6.07, 6.45) is 1.97. The van der Waals surface area contributed by atoms with E-state index in [9.17, 15) is 24.1 Å². The molecule has 4 rings (SSSR count). The van der Waals surface area contributed by atoms with Crippen molar-refractivity contribution >= 4 is 23.1 Å². The summed E-state index contributed by atoms with van der Waals surface area (Å²) < 4.78 is 13.3. The fraction of sp³-hybridized carbons (Fsp3) is 0.304. The van der Waals surface area contributed by atoms with Crippen LogP contribution in [0, 0.1) is 21.8 Å². The zero-order chi connectivity index (χ0) is 22.1. The number of likely N-dealkylation sites (tertiary alicyclic amines) is 1. The molecule has 0 aliphatic carbocycles. The molecule has 0 radical (unpaired) electrons. The van der Waals surface area contributed by atoms with Crippen LogP contribution in [0.1, 0.15) is 30.9 Å². The Labute approximate surface area is 178 Å². The molecule has 2 aromatic carbocycles. The van der Waals surface area contributed by atoms with Gasteiger partial charge in [0.05, 0.1) is 17.0 Å². The predicted octanol–water partition coefficient (Wildman–Crippen LogP) is 3.75. The molecule has 2 aliphatic rings. The first kappa shape index (κ1) is 20.7. The van der Waals surface area contributed by atoms with E-state index in [4.69, 9.17) is 0 Å². The Morgan fingerprint density at radius 1 is 1.06 bits per heavy atom. The molecule has 2 heterocycles. The smallest absolute Gasteiger partial charge is 0.278 e. The van der Waals surface area contributed by atoms with Gasteiger partial charge in [0.25, 0.3) is 17.5 Å². The Morgan fingerprint density at radius 3 is 2.35 bits per heavy atom. The van der Waals surface area contributed by atoms with Gasteiger partial charge in [-0.15, -0.1) is 0 Å². The number of nitro groups is 1. The number of nitro benzene ring substituents is 1. The second-order valence-electron chi connectivity index (χ2n) is 8.04. The number of hydrogen-bond donors (Lipinski definition) is 0. The third kappa shape index (κ3) is 4.05. The molecule has 1 unspecified atom stereocenters. The largest absolute Gasteiger partial charge is 0.366 e. The van der Waals surface area contributed by atoms with Crippen molar-refractivity contribution < 1.29 is 18.9 Å². The standard InChI is InChI=1S/C23H22FN3O4/c1-15-3-2-12-25(13-15)21-20(17-6-10-19(11-7-17)27(30)31)22(28)26(23(21)29)14-16-4-8-18(24)9-5-16/h4-11,15H,2-3,12-14H2,1H3. The van der Waals surface area contributed by atoms with Gasteiger partial charge in [-0.3, -0.25) is 24.6 Å². The van der Waals surface area contributed by atoms with Gasteiger partial charge >= 0.3 is 0 Å². The molecule has 8 heteroatoms. The van der Waals surface area contributed by atoms with Crippen LogP contribution in [0.2, 0.25) is 0 Å². The zero-order valence-electron chi connectivity index (χ0n) is 17.1. The van der Waals surface area contributed by atoms with Crippen LogP contribution in [-0.4, -0.2) is 39.6 Å². The van der Waals surface area contributed by atoms with E-state index in [0.29, 0.717) is 35.8 Å². The first-order valence-corrected chi connectivity index (χ1v) is 10.2. The molecular weight excluding hydrogens is 401 g/mol. The fourth-order valence-electron chi connectivity index (χ4n) is 4.18. The molecule has 0 bridgehead atoms. The number of hydrogen-bond acceptors (Lipinski definition) is 5. The van der Waals surface area contributed by atoms with Crippen LogP contribution in [0.15, 0.2) is 54.2 Å². The maximum atomic E-state index is 13.4. The van der Waals surface area contributed by atoms with Crippen molar-refractivity contribution in [3.63, 3.8) is 0 Å². The minimum Gasteiger partial charge on any atom is -0.366 e. The first-order valence-electron chi connectivity index (χ1n) is 10.2. The Kier molecular flexibility index (Phi) is 5.54. The molecule has 0 aromatic heterocycles. The van der Waals surface area contributed by atoms with E-state index in [1.807, 2.05) is 4.90 Å². The van der Waals surface area contributed by atoms with Crippen molar-refractivity contribution in [3.05, 3.63) is 81.3 Å². The highest BCUT2D eigenvalue weighted by Gasteiger charge is 2.42. The number of amides is 2. The Morgan fingerprint density at radius 2 is 1.74 bits per heavy atom. The second-order valence-corrected chi connectivity index (χ2v) is 8.04. The topological polar surface area (TPSA) is 83.8 Å². The average Bonchev–Trinajstić information content (AvgIpc) is 3.00. The Hall–Kier alpha value is -3.55. The van der Waals surface area contributed by atoms with E-state index in [1.54, 1.807) is 12.1 Å². The summed E-state index contributed by atoms with van der Waals surface area (Å²) in [5.74, 6) is -0.850. The van der Waals surface area contributed by atoms with Gasteiger partial charge < -0.3 is 4.90 Å². The number of non-ortho nitro benzene ring substituents is 1. The first-order chi connectivity index (χ1) is 14.8. The quantitative estimate of drug-likeness (QED) is 0.416. The number of nitrogens with zero attached hydrogens (tertiary/aromatic N) is 3. The molecule has 2 aromatic rings. The molecule has 0 N–H and O–H groups in total. The van der Waals surface area contributed by atoms with Crippen LogP contribution in [0.25, 0.3) is 5.57 Å². The Bertz CT molecular complexity index is 1060. The lowest BCUT2D eigenvalue weighted by Crippen LogP contribution is -2.39. The van der Waals surface area contributed by atoms with Crippen LogP contribution >= 0.6 is 0 Å². The summed E-state index contributed by atoms with van der Waals surface area (Å²) in [7, 11) is 0. The summed E-state index contributed by atoms with van der Waals surface area (Å²) in [6, 6.07) is 11.3. The van der Waals surface area contributed by atoms with Crippen LogP contribution in [0.5, 0.6) is 0 Å². The number of carbonyl (C=O) groups excluding carboxylic acids is 2. The van der Waals surface area contributed by atoms with Crippen molar-refractivity contribution in [3.8, 4) is 0 Å². The summed E-state index contributed by atoms with van der Waals surface area (Å²) >= 11 is 0. The number of imide groups is 1. The predicted molar refractivity (Wildman–Crippen MR) is 112 cm³/mol. The van der Waals surface area contributed by atoms with Crippen molar-refractivity contribution in [1.29, 1.82) is 0 Å². The number of benzene rings is 2. The Balaban J connectivity index is 1.73. The van der Waals surface area contributed by atoms with E-state index in [-0.39, 0.29) is 17.8 Å². The van der Waals surface area contributed by atoms with Gasteiger partial charge in [0.15, 0.2) is 0 Å². The number of carbonyl (C=O) groups is 2. The third-order valence-electron chi connectivity index (χ3n) is 5.74. The molecular formula is C23H22FN3O4. The van der Waals surface area contributed by atoms with Gasteiger partial charge in [0.1, 0.15) is 11.5 Å². The SMILES string of the molecule is CC1CCCN(C2=C(c3ccc([N+](=O)[O-])cc3)C(=O)N(Cc3ccc(F)cc3)C2=O)C1. The molecule has 1 fully saturated rings. The molecule has 1 saturated heterocycles. The van der Waals surface area contributed by atoms with Gasteiger partial charge in [-0.2, -0.15) is 0 Å². The molecule has 2 amide bonds. The molecule has 31 heavy (non-hydrogen) atoms. The maximum absolute atomic E-state index is 13.4. The van der Waals surface area contributed by atoms with E-state index in [0.717, 1.165) is 12.8 Å². The number of rotatable bonds is 5. The van der Waals surface area contributed by atoms with E-state index in [1.165, 1.54) is 41.3 Å². The number of piperidine rings is 1. The lowest BCUT2D eigenvalue weighted by Gasteiger charge is -2.33. The van der Waals surface area contributed by atoms with Crippen molar-refractivity contribution in [1.82, 2.24) is 9.80 Å². The molecule has 0 saturated carbocycles. The summed E-state index contributed by atoms with van der Waals surface area (Å²) in [4.78, 5) is 40.3. The number of halogens is 1. The second kappa shape index (κ2) is 8.29. The summed E-state index contributed by atoms with van der Waals surface area (Å²) in [5.41, 5.74) is 1.62. The van der Waals surface area contributed by atoms with E-state index in [2.05, 4.69) is 6.92 Å². The summed E-state index contributed by atoms with van der Waals surface area (Å²) in [5, 5.41) is 11.0. The normalized spacial score (nSPS) is 19.4. The maximum Gasteiger partial charge on any atom is 0.278 e. The zero-order valence-corrected chi connectivity index (χ0v) is 17.1. The highest BCUT2D eigenvalue weighted by molar-refractivity contribution is 6.35. The van der Waals surface area contributed by atoms with Gasteiger partial charge in [-0.1, -0.05) is 19.1 Å². The molecule has 160 valence electrons. The summed E-state index contributed by atoms with van der Waals surface area (Å²) in [6.45, 7) is 3.46. The van der Waals surface area contributed by atoms with Crippen molar-refractivity contribution in [2.45, 2.75) is 26.3 Å². The molecule has 1 atom stereocenters. The van der Waals surface area contributed by atoms with E-state index >= 15 is 0 Å². The van der Waals surface area contributed by atoms with Crippen LogP contribution in [-0.2, 0) is 16.1 Å². The van der Waals surface area contributed by atoms with Crippen LogP contribution in [0.3, 0.4) is 0 Å². The van der Waals surface area contributed by atoms with Gasteiger partial charge in [-0.25, -0.2) is 4.39 Å².